The Kier molecular flexibility index (Phi) is 6.88. The minimum absolute atomic E-state index is 0.0408. The molecule has 4 rings (SSSR count). The second kappa shape index (κ2) is 9.82. The molecule has 0 atom stereocenters. The minimum Gasteiger partial charge on any atom is -0.493 e. The number of hydrogen-bond donors (Lipinski definition) is 1. The lowest BCUT2D eigenvalue weighted by molar-refractivity contribution is -0.133. The van der Waals surface area contributed by atoms with E-state index in [0.717, 1.165) is 36.5 Å². The van der Waals surface area contributed by atoms with E-state index < -0.39 is 10.1 Å². The molecule has 0 radical (unpaired) electrons. The largest absolute Gasteiger partial charge is 0.493 e. The molecule has 0 aromatic heterocycles. The van der Waals surface area contributed by atoms with Gasteiger partial charge in [0.1, 0.15) is 17.2 Å². The van der Waals surface area contributed by atoms with E-state index in [4.69, 9.17) is 23.5 Å². The van der Waals surface area contributed by atoms with Gasteiger partial charge in [-0.2, -0.15) is 8.42 Å². The highest BCUT2D eigenvalue weighted by Gasteiger charge is 2.37. The monoisotopic (exact) mass is 470 g/mol. The summed E-state index contributed by atoms with van der Waals surface area (Å²) in [5.74, 6) is 1.91. The molecule has 0 saturated carbocycles. The van der Waals surface area contributed by atoms with Crippen molar-refractivity contribution in [2.24, 2.45) is 5.41 Å². The molecule has 33 heavy (non-hydrogen) atoms. The summed E-state index contributed by atoms with van der Waals surface area (Å²) < 4.78 is 53.5. The molecule has 1 N–H and O–H groups in total. The Bertz CT molecular complexity index is 1150. The number of rotatable bonds is 10. The molecule has 1 heterocycles. The van der Waals surface area contributed by atoms with Crippen molar-refractivity contribution in [2.45, 2.75) is 18.2 Å². The number of hydrogen-bond acceptors (Lipinski definition) is 6. The van der Waals surface area contributed by atoms with E-state index in [1.54, 1.807) is 0 Å². The average Bonchev–Trinajstić information content (AvgIpc) is 2.79. The van der Waals surface area contributed by atoms with Crippen LogP contribution in [0.1, 0.15) is 13.3 Å². The molecule has 174 valence electrons. The predicted molar refractivity (Wildman–Crippen MR) is 123 cm³/mol. The second-order valence-corrected chi connectivity index (χ2v) is 9.46. The van der Waals surface area contributed by atoms with Gasteiger partial charge >= 0.3 is 0 Å². The highest BCUT2D eigenvalue weighted by Crippen LogP contribution is 2.32. The summed E-state index contributed by atoms with van der Waals surface area (Å²) in [5, 5.41) is 0. The van der Waals surface area contributed by atoms with Crippen LogP contribution in [0, 0.1) is 5.41 Å². The lowest BCUT2D eigenvalue weighted by Gasteiger charge is -2.40. The second-order valence-electron chi connectivity index (χ2n) is 8.04. The zero-order chi connectivity index (χ0) is 23.3. The van der Waals surface area contributed by atoms with Crippen LogP contribution in [-0.2, 0) is 14.9 Å². The normalized spacial score (nSPS) is 14.8. The molecule has 3 aromatic carbocycles. The molecule has 8 heteroatoms. The fourth-order valence-electron chi connectivity index (χ4n) is 3.38. The Labute approximate surface area is 193 Å². The number of ether oxygens (including phenoxy) is 4. The molecule has 1 aliphatic heterocycles. The topological polar surface area (TPSA) is 91.3 Å². The Morgan fingerprint density at radius 1 is 0.788 bits per heavy atom. The molecular formula is C25H26O7S. The Hall–Kier alpha value is -3.07. The maximum Gasteiger partial charge on any atom is 0.294 e. The molecular weight excluding hydrogens is 444 g/mol. The maximum atomic E-state index is 11.1. The fourth-order valence-corrected chi connectivity index (χ4v) is 3.86. The zero-order valence-electron chi connectivity index (χ0n) is 18.3. The number of benzene rings is 3. The minimum atomic E-state index is -4.22. The molecule has 0 spiro atoms. The average molecular weight is 471 g/mol. The third-order valence-corrected chi connectivity index (χ3v) is 6.59. The van der Waals surface area contributed by atoms with E-state index in [1.165, 1.54) is 24.3 Å². The van der Waals surface area contributed by atoms with E-state index in [-0.39, 0.29) is 17.1 Å². The van der Waals surface area contributed by atoms with Gasteiger partial charge in [-0.1, -0.05) is 31.2 Å². The molecule has 0 bridgehead atoms. The van der Waals surface area contributed by atoms with Crippen molar-refractivity contribution in [3.63, 3.8) is 0 Å². The van der Waals surface area contributed by atoms with Gasteiger partial charge < -0.3 is 18.9 Å². The van der Waals surface area contributed by atoms with Crippen molar-refractivity contribution >= 4 is 10.1 Å². The quantitative estimate of drug-likeness (QED) is 0.335. The summed E-state index contributed by atoms with van der Waals surface area (Å²) in [6, 6.07) is 21.1. The smallest absolute Gasteiger partial charge is 0.294 e. The summed E-state index contributed by atoms with van der Waals surface area (Å²) in [6.45, 7) is 4.32. The first kappa shape index (κ1) is 23.1. The third kappa shape index (κ3) is 5.84. The first-order valence-corrected chi connectivity index (χ1v) is 12.1. The van der Waals surface area contributed by atoms with Crippen molar-refractivity contribution in [1.82, 2.24) is 0 Å². The van der Waals surface area contributed by atoms with Crippen molar-refractivity contribution in [3.8, 4) is 28.4 Å². The summed E-state index contributed by atoms with van der Waals surface area (Å²) >= 11 is 0. The van der Waals surface area contributed by atoms with Crippen molar-refractivity contribution < 1.29 is 31.9 Å². The summed E-state index contributed by atoms with van der Waals surface area (Å²) in [5.41, 5.74) is 2.27. The van der Waals surface area contributed by atoms with Crippen molar-refractivity contribution in [1.29, 1.82) is 0 Å². The van der Waals surface area contributed by atoms with E-state index in [2.05, 4.69) is 6.92 Å². The molecule has 0 amide bonds. The lowest BCUT2D eigenvalue weighted by Crippen LogP contribution is -2.46. The van der Waals surface area contributed by atoms with Crippen LogP contribution in [0.4, 0.5) is 0 Å². The van der Waals surface area contributed by atoms with Crippen LogP contribution < -0.4 is 14.2 Å². The van der Waals surface area contributed by atoms with E-state index in [1.807, 2.05) is 48.5 Å². The standard InChI is InChI=1S/C25H26O7S/c1-2-25(15-29-16-25)17-30-21-7-3-19(4-8-21)20-5-9-22(10-6-20)31-18-32-23-11-13-24(14-12-23)33(26,27)28/h3-14H,2,15-18H2,1H3,(H,26,27,28). The highest BCUT2D eigenvalue weighted by atomic mass is 32.2. The van der Waals surface area contributed by atoms with Gasteiger partial charge in [0.25, 0.3) is 10.1 Å². The Morgan fingerprint density at radius 3 is 1.64 bits per heavy atom. The van der Waals surface area contributed by atoms with Crippen LogP contribution in [0.25, 0.3) is 11.1 Å². The van der Waals surface area contributed by atoms with Gasteiger partial charge in [-0.25, -0.2) is 0 Å². The molecule has 0 aliphatic carbocycles. The van der Waals surface area contributed by atoms with Crippen molar-refractivity contribution in [3.05, 3.63) is 72.8 Å². The van der Waals surface area contributed by atoms with Gasteiger partial charge in [-0.05, 0) is 66.1 Å². The molecule has 1 saturated heterocycles. The van der Waals surface area contributed by atoms with Crippen LogP contribution in [0.15, 0.2) is 77.7 Å². The fraction of sp³-hybridized carbons (Fsp3) is 0.280. The van der Waals surface area contributed by atoms with Crippen LogP contribution in [0.2, 0.25) is 0 Å². The van der Waals surface area contributed by atoms with Gasteiger partial charge in [-0.15, -0.1) is 0 Å². The van der Waals surface area contributed by atoms with Crippen LogP contribution in [0.5, 0.6) is 17.2 Å². The van der Waals surface area contributed by atoms with Gasteiger partial charge in [0.15, 0.2) is 0 Å². The highest BCUT2D eigenvalue weighted by molar-refractivity contribution is 7.85. The summed E-state index contributed by atoms with van der Waals surface area (Å²) in [4.78, 5) is -0.191. The van der Waals surface area contributed by atoms with Gasteiger partial charge in [-0.3, -0.25) is 4.55 Å². The molecule has 1 aliphatic rings. The van der Waals surface area contributed by atoms with E-state index in [0.29, 0.717) is 18.1 Å². The third-order valence-electron chi connectivity index (χ3n) is 5.73. The molecule has 7 nitrogen and oxygen atoms in total. The SMILES string of the molecule is CCC1(COc2ccc(-c3ccc(OCOc4ccc(S(=O)(=O)O)cc4)cc3)cc2)COC1. The van der Waals surface area contributed by atoms with Crippen LogP contribution in [-0.4, -0.2) is 39.6 Å². The summed E-state index contributed by atoms with van der Waals surface area (Å²) in [6.07, 6.45) is 1.05. The maximum absolute atomic E-state index is 11.1. The first-order chi connectivity index (χ1) is 15.9. The van der Waals surface area contributed by atoms with Crippen LogP contribution >= 0.6 is 0 Å². The Morgan fingerprint density at radius 2 is 1.24 bits per heavy atom. The molecule has 0 unspecified atom stereocenters. The Balaban J connectivity index is 1.27. The van der Waals surface area contributed by atoms with Gasteiger partial charge in [0.05, 0.1) is 30.1 Å². The lowest BCUT2D eigenvalue weighted by atomic mass is 9.84. The predicted octanol–water partition coefficient (Wildman–Crippen LogP) is 4.82. The van der Waals surface area contributed by atoms with E-state index in [9.17, 15) is 8.42 Å². The van der Waals surface area contributed by atoms with Crippen molar-refractivity contribution in [2.75, 3.05) is 26.6 Å². The summed E-state index contributed by atoms with van der Waals surface area (Å²) in [7, 11) is -4.22. The first-order valence-electron chi connectivity index (χ1n) is 10.6. The zero-order valence-corrected chi connectivity index (χ0v) is 19.1. The van der Waals surface area contributed by atoms with E-state index >= 15 is 0 Å². The molecule has 1 fully saturated rings. The molecule has 3 aromatic rings. The van der Waals surface area contributed by atoms with Crippen LogP contribution in [0.3, 0.4) is 0 Å². The van der Waals surface area contributed by atoms with Gasteiger partial charge in [0, 0.05) is 0 Å². The van der Waals surface area contributed by atoms with Gasteiger partial charge in [0.2, 0.25) is 6.79 Å².